The van der Waals surface area contributed by atoms with Gasteiger partial charge in [-0.3, -0.25) is 0 Å². The number of nitrogens with zero attached hydrogens (tertiary/aromatic N) is 3. The van der Waals surface area contributed by atoms with Crippen LogP contribution in [0.15, 0.2) is 48.8 Å². The molecule has 0 spiro atoms. The Morgan fingerprint density at radius 2 is 1.86 bits per heavy atom. The van der Waals surface area contributed by atoms with Crippen LogP contribution >= 0.6 is 0 Å². The van der Waals surface area contributed by atoms with Gasteiger partial charge in [0.2, 0.25) is 5.88 Å². The molecule has 0 saturated heterocycles. The molecule has 36 heavy (non-hydrogen) atoms. The first-order valence-corrected chi connectivity index (χ1v) is 11.2. The van der Waals surface area contributed by atoms with Gasteiger partial charge < -0.3 is 24.3 Å². The molecule has 0 fully saturated rings. The number of aryl methyl sites for hydroxylation is 1. The number of carbonyl (C=O) groups is 1. The fourth-order valence-corrected chi connectivity index (χ4v) is 4.11. The van der Waals surface area contributed by atoms with E-state index in [4.69, 9.17) is 14.6 Å². The standard InChI is InChI=1S/C26H25F2N3O5/c1-14(2)24-29-10-11-31(24)17-6-4-16(5-7-17)12-18-15(3)22-20(35-13-21(33)34)9-8-19(32)23(22)30-25(18)36-26(27)28/h4-11,14,26,32H,12-13H2,1-3H3,(H,33,34). The lowest BCUT2D eigenvalue weighted by Gasteiger charge is -2.18. The molecule has 188 valence electrons. The summed E-state index contributed by atoms with van der Waals surface area (Å²) < 4.78 is 38.6. The van der Waals surface area contributed by atoms with E-state index in [-0.39, 0.29) is 35.2 Å². The van der Waals surface area contributed by atoms with Crippen molar-refractivity contribution in [3.63, 3.8) is 0 Å². The molecule has 4 rings (SSSR count). The Bertz CT molecular complexity index is 1400. The molecule has 2 aromatic heterocycles. The molecule has 2 N–H and O–H groups in total. The summed E-state index contributed by atoms with van der Waals surface area (Å²) in [5.41, 5.74) is 2.54. The summed E-state index contributed by atoms with van der Waals surface area (Å²) in [6.07, 6.45) is 3.81. The fourth-order valence-electron chi connectivity index (χ4n) is 4.11. The number of benzene rings is 2. The van der Waals surface area contributed by atoms with E-state index in [1.54, 1.807) is 13.1 Å². The summed E-state index contributed by atoms with van der Waals surface area (Å²) in [6.45, 7) is 2.04. The third kappa shape index (κ3) is 5.07. The van der Waals surface area contributed by atoms with E-state index < -0.39 is 19.2 Å². The molecule has 2 aromatic carbocycles. The summed E-state index contributed by atoms with van der Waals surface area (Å²) in [7, 11) is 0. The first-order valence-electron chi connectivity index (χ1n) is 11.2. The van der Waals surface area contributed by atoms with E-state index in [0.29, 0.717) is 16.5 Å². The molecular weight excluding hydrogens is 472 g/mol. The predicted octanol–water partition coefficient (Wildman–Crippen LogP) is 5.21. The van der Waals surface area contributed by atoms with Crippen LogP contribution in [0, 0.1) is 6.92 Å². The maximum Gasteiger partial charge on any atom is 0.388 e. The largest absolute Gasteiger partial charge is 0.506 e. The van der Waals surface area contributed by atoms with E-state index >= 15 is 0 Å². The van der Waals surface area contributed by atoms with Crippen LogP contribution in [0.2, 0.25) is 0 Å². The number of hydrogen-bond acceptors (Lipinski definition) is 6. The SMILES string of the molecule is Cc1c(Cc2ccc(-n3ccnc3C(C)C)cc2)c(OC(F)F)nc2c(O)ccc(OCC(=O)O)c12. The van der Waals surface area contributed by atoms with Crippen molar-refractivity contribution in [1.29, 1.82) is 0 Å². The van der Waals surface area contributed by atoms with Gasteiger partial charge in [-0.15, -0.1) is 0 Å². The van der Waals surface area contributed by atoms with Gasteiger partial charge in [0.05, 0.1) is 0 Å². The number of phenolic OH excluding ortho intramolecular Hbond substituents is 1. The molecule has 2 heterocycles. The third-order valence-electron chi connectivity index (χ3n) is 5.75. The van der Waals surface area contributed by atoms with E-state index in [9.17, 15) is 18.7 Å². The van der Waals surface area contributed by atoms with Gasteiger partial charge in [0.1, 0.15) is 22.8 Å². The number of hydrogen-bond donors (Lipinski definition) is 2. The zero-order valence-corrected chi connectivity index (χ0v) is 19.9. The zero-order valence-electron chi connectivity index (χ0n) is 19.9. The number of carboxylic acids is 1. The Labute approximate surface area is 205 Å². The number of alkyl halides is 2. The van der Waals surface area contributed by atoms with Gasteiger partial charge in [-0.25, -0.2) is 14.8 Å². The summed E-state index contributed by atoms with van der Waals surface area (Å²) in [6, 6.07) is 10.2. The average molecular weight is 497 g/mol. The van der Waals surface area contributed by atoms with Gasteiger partial charge >= 0.3 is 12.6 Å². The average Bonchev–Trinajstić information content (AvgIpc) is 3.32. The number of ether oxygens (including phenoxy) is 2. The topological polar surface area (TPSA) is 107 Å². The summed E-state index contributed by atoms with van der Waals surface area (Å²) in [5, 5.41) is 19.7. The molecule has 8 nitrogen and oxygen atoms in total. The first-order chi connectivity index (χ1) is 17.2. The minimum absolute atomic E-state index is 0.0218. The Hall–Kier alpha value is -4.21. The molecule has 0 saturated carbocycles. The molecule has 0 atom stereocenters. The number of imidazole rings is 1. The number of aromatic nitrogens is 3. The van der Waals surface area contributed by atoms with Crippen LogP contribution in [0.3, 0.4) is 0 Å². The monoisotopic (exact) mass is 497 g/mol. The number of phenols is 1. The van der Waals surface area contributed by atoms with Crippen LogP contribution in [0.1, 0.15) is 42.3 Å². The van der Waals surface area contributed by atoms with Gasteiger partial charge in [-0.05, 0) is 42.3 Å². The Morgan fingerprint density at radius 3 is 2.50 bits per heavy atom. The highest BCUT2D eigenvalue weighted by molar-refractivity contribution is 5.94. The van der Waals surface area contributed by atoms with Crippen LogP contribution < -0.4 is 9.47 Å². The van der Waals surface area contributed by atoms with Crippen LogP contribution in [-0.4, -0.2) is 43.9 Å². The van der Waals surface area contributed by atoms with Crippen molar-refractivity contribution < 1.29 is 33.3 Å². The minimum Gasteiger partial charge on any atom is -0.506 e. The highest BCUT2D eigenvalue weighted by Gasteiger charge is 2.22. The maximum atomic E-state index is 13.3. The molecular formula is C26H25F2N3O5. The fraction of sp³-hybridized carbons (Fsp3) is 0.269. The van der Waals surface area contributed by atoms with Crippen LogP contribution in [-0.2, 0) is 11.2 Å². The Morgan fingerprint density at radius 1 is 1.14 bits per heavy atom. The van der Waals surface area contributed by atoms with Gasteiger partial charge in [0.15, 0.2) is 6.61 Å². The quantitative estimate of drug-likeness (QED) is 0.327. The lowest BCUT2D eigenvalue weighted by Crippen LogP contribution is -2.11. The molecule has 0 unspecified atom stereocenters. The lowest BCUT2D eigenvalue weighted by atomic mass is 9.97. The summed E-state index contributed by atoms with van der Waals surface area (Å²) in [4.78, 5) is 19.6. The van der Waals surface area contributed by atoms with Gasteiger partial charge in [-0.2, -0.15) is 8.78 Å². The second-order valence-corrected chi connectivity index (χ2v) is 8.54. The third-order valence-corrected chi connectivity index (χ3v) is 5.75. The highest BCUT2D eigenvalue weighted by atomic mass is 19.3. The van der Waals surface area contributed by atoms with E-state index in [1.165, 1.54) is 12.1 Å². The molecule has 0 bridgehead atoms. The second-order valence-electron chi connectivity index (χ2n) is 8.54. The lowest BCUT2D eigenvalue weighted by molar-refractivity contribution is -0.139. The van der Waals surface area contributed by atoms with Crippen molar-refractivity contribution in [2.24, 2.45) is 0 Å². The number of fused-ring (bicyclic) bond motifs is 1. The van der Waals surface area contributed by atoms with E-state index in [1.807, 2.05) is 35.0 Å². The normalized spacial score (nSPS) is 11.4. The molecule has 0 aliphatic heterocycles. The van der Waals surface area contributed by atoms with Crippen LogP contribution in [0.5, 0.6) is 17.4 Å². The molecule has 0 aliphatic carbocycles. The van der Waals surface area contributed by atoms with Crippen molar-refractivity contribution in [2.75, 3.05) is 6.61 Å². The maximum absolute atomic E-state index is 13.3. The molecule has 10 heteroatoms. The van der Waals surface area contributed by atoms with Crippen molar-refractivity contribution in [1.82, 2.24) is 14.5 Å². The van der Waals surface area contributed by atoms with E-state index in [0.717, 1.165) is 17.1 Å². The van der Waals surface area contributed by atoms with Crippen LogP contribution in [0.25, 0.3) is 16.6 Å². The predicted molar refractivity (Wildman–Crippen MR) is 128 cm³/mol. The number of halogens is 2. The molecule has 0 amide bonds. The minimum atomic E-state index is -3.13. The van der Waals surface area contributed by atoms with Gasteiger partial charge in [-0.1, -0.05) is 26.0 Å². The highest BCUT2D eigenvalue weighted by Crippen LogP contribution is 2.39. The molecule has 0 radical (unpaired) electrons. The second kappa shape index (κ2) is 10.2. The molecule has 0 aliphatic rings. The van der Waals surface area contributed by atoms with Crippen molar-refractivity contribution in [3.05, 3.63) is 71.3 Å². The zero-order chi connectivity index (χ0) is 26.0. The van der Waals surface area contributed by atoms with Crippen molar-refractivity contribution in [3.8, 4) is 23.1 Å². The number of carboxylic acid groups (broad SMARTS) is 1. The number of aliphatic carboxylic acids is 1. The molecule has 4 aromatic rings. The first kappa shape index (κ1) is 24.9. The van der Waals surface area contributed by atoms with Gasteiger partial charge in [0.25, 0.3) is 0 Å². The summed E-state index contributed by atoms with van der Waals surface area (Å²) >= 11 is 0. The van der Waals surface area contributed by atoms with Crippen LogP contribution in [0.4, 0.5) is 8.78 Å². The van der Waals surface area contributed by atoms with Gasteiger partial charge in [0, 0.05) is 41.4 Å². The Balaban J connectivity index is 1.77. The number of aromatic hydroxyl groups is 1. The summed E-state index contributed by atoms with van der Waals surface area (Å²) in [5.74, 6) is -0.462. The number of rotatable bonds is 9. The van der Waals surface area contributed by atoms with E-state index in [2.05, 4.69) is 23.8 Å². The van der Waals surface area contributed by atoms with Crippen molar-refractivity contribution >= 4 is 16.9 Å². The number of pyridine rings is 1. The smallest absolute Gasteiger partial charge is 0.388 e. The Kier molecular flexibility index (Phi) is 7.05. The van der Waals surface area contributed by atoms with Crippen molar-refractivity contribution in [2.45, 2.75) is 39.7 Å².